The van der Waals surface area contributed by atoms with Gasteiger partial charge in [0, 0.05) is 97.4 Å². The number of nitrogens with zero attached hydrogens (tertiary/aromatic N) is 4. The van der Waals surface area contributed by atoms with Gasteiger partial charge in [0.15, 0.2) is 11.5 Å². The maximum absolute atomic E-state index is 6.35. The van der Waals surface area contributed by atoms with E-state index in [0.717, 1.165) is 57.3 Å². The van der Waals surface area contributed by atoms with Crippen molar-refractivity contribution in [1.82, 2.24) is 0 Å². The van der Waals surface area contributed by atoms with Crippen LogP contribution in [0.1, 0.15) is 56.1 Å². The molecule has 0 bridgehead atoms. The van der Waals surface area contributed by atoms with Crippen molar-refractivity contribution in [3.63, 3.8) is 0 Å². The molecule has 4 heterocycles. The number of pyridine rings is 2. The molecular formula is C57H54Cl2N4O2S2. The van der Waals surface area contributed by atoms with Crippen LogP contribution in [0, 0.1) is 0 Å². The third-order valence-corrected chi connectivity index (χ3v) is 14.5. The number of benzene rings is 6. The Morgan fingerprint density at radius 3 is 1.21 bits per heavy atom. The standard InChI is InChI=1S/C57H54N4O2S2.2ClH/c1-58-50-32-18-20-34-52(50)62-54(58)38-42-40-56(60(44-24-10-8-11-25-44)48-30-16-14-28-46(42)48)64-36-22-6-4-3-5-7-23-37-65-57-41-43(39-55-59(2)51-33-19-21-35-53(51)63-55)47-29-15-17-31-49(47)61(57)45-26-12-9-13-27-45;;/h8-21,24-35,38-41H,3-7,22-23,36-37H2,1-2H3;2*1H/q+2;;/p-2. The van der Waals surface area contributed by atoms with Crippen LogP contribution < -0.4 is 53.2 Å². The first-order valence-electron chi connectivity index (χ1n) is 22.9. The van der Waals surface area contributed by atoms with Crippen LogP contribution in [0.2, 0.25) is 0 Å². The average molecular weight is 962 g/mol. The Balaban J connectivity index is 0.00000304. The summed E-state index contributed by atoms with van der Waals surface area (Å²) in [6, 6.07) is 60.2. The van der Waals surface area contributed by atoms with Crippen molar-refractivity contribution in [1.29, 1.82) is 0 Å². The Bertz CT molecular complexity index is 2830. The maximum Gasteiger partial charge on any atom is 0.247 e. The molecule has 0 aliphatic carbocycles. The van der Waals surface area contributed by atoms with Gasteiger partial charge in [0.05, 0.1) is 22.1 Å². The third kappa shape index (κ3) is 10.3. The monoisotopic (exact) mass is 960 g/mol. The lowest BCUT2D eigenvalue weighted by atomic mass is 10.1. The first-order valence-corrected chi connectivity index (χ1v) is 24.8. The average Bonchev–Trinajstić information content (AvgIpc) is 3.84. The van der Waals surface area contributed by atoms with Crippen LogP contribution >= 0.6 is 23.5 Å². The number of thioether (sulfide) groups is 2. The summed E-state index contributed by atoms with van der Waals surface area (Å²) in [5.41, 5.74) is 9.23. The first-order chi connectivity index (χ1) is 32.1. The molecule has 0 spiro atoms. The Morgan fingerprint density at radius 2 is 0.791 bits per heavy atom. The molecule has 0 atom stereocenters. The smallest absolute Gasteiger partial charge is 0.247 e. The zero-order chi connectivity index (χ0) is 44.0. The quantitative estimate of drug-likeness (QED) is 0.0559. The second-order valence-electron chi connectivity index (χ2n) is 16.6. The van der Waals surface area contributed by atoms with Crippen molar-refractivity contribution in [3.8, 4) is 22.9 Å². The zero-order valence-electron chi connectivity index (χ0n) is 37.9. The SMILES string of the molecule is CN1/C(=C/c2cc(SCCCCCCCCCSc3cc(/C=C4/Oc5ccccc5N4C)c4ccccc4[n+]3-c3ccccc3)[n+](-c3ccccc3)c3ccccc23)Oc2ccccc21.[Cl-].[Cl-]. The van der Waals surface area contributed by atoms with E-state index in [1.165, 1.54) is 88.2 Å². The number of halogens is 2. The van der Waals surface area contributed by atoms with Crippen LogP contribution in [0.15, 0.2) is 192 Å². The summed E-state index contributed by atoms with van der Waals surface area (Å²) in [5.74, 6) is 5.60. The van der Waals surface area contributed by atoms with Gasteiger partial charge in [-0.25, -0.2) is 0 Å². The van der Waals surface area contributed by atoms with Crippen molar-refractivity contribution < 1.29 is 43.4 Å². The summed E-state index contributed by atoms with van der Waals surface area (Å²) in [5, 5.41) is 4.88. The predicted molar refractivity (Wildman–Crippen MR) is 272 cm³/mol. The van der Waals surface area contributed by atoms with E-state index < -0.39 is 0 Å². The van der Waals surface area contributed by atoms with Gasteiger partial charge in [-0.15, -0.1) is 9.13 Å². The second-order valence-corrected chi connectivity index (χ2v) is 18.9. The molecule has 0 amide bonds. The Morgan fingerprint density at radius 1 is 0.433 bits per heavy atom. The van der Waals surface area contributed by atoms with E-state index in [1.807, 2.05) is 47.8 Å². The summed E-state index contributed by atoms with van der Waals surface area (Å²) < 4.78 is 17.5. The molecule has 0 N–H and O–H groups in total. The molecule has 2 aromatic heterocycles. The molecule has 10 rings (SSSR count). The fourth-order valence-electron chi connectivity index (χ4n) is 8.95. The number of para-hydroxylation sites is 8. The van der Waals surface area contributed by atoms with Gasteiger partial charge in [-0.3, -0.25) is 0 Å². The fourth-order valence-corrected chi connectivity index (χ4v) is 11.2. The zero-order valence-corrected chi connectivity index (χ0v) is 41.0. The number of unbranched alkanes of at least 4 members (excludes halogenated alkanes) is 6. The largest absolute Gasteiger partial charge is 1.00 e. The Labute approximate surface area is 415 Å². The second kappa shape index (κ2) is 22.3. The van der Waals surface area contributed by atoms with E-state index in [2.05, 4.69) is 191 Å². The molecule has 0 radical (unpaired) electrons. The van der Waals surface area contributed by atoms with E-state index >= 15 is 0 Å². The van der Waals surface area contributed by atoms with Crippen molar-refractivity contribution in [3.05, 3.63) is 193 Å². The molecule has 2 aliphatic heterocycles. The van der Waals surface area contributed by atoms with E-state index in [-0.39, 0.29) is 24.8 Å². The molecule has 6 nitrogen and oxygen atoms in total. The molecular weight excluding hydrogens is 908 g/mol. The topological polar surface area (TPSA) is 32.7 Å². The maximum atomic E-state index is 6.35. The van der Waals surface area contributed by atoms with Gasteiger partial charge in [-0.1, -0.05) is 141 Å². The minimum Gasteiger partial charge on any atom is -1.00 e. The van der Waals surface area contributed by atoms with Crippen LogP contribution in [-0.4, -0.2) is 25.6 Å². The highest BCUT2D eigenvalue weighted by molar-refractivity contribution is 7.99. The van der Waals surface area contributed by atoms with Crippen LogP contribution in [0.4, 0.5) is 11.4 Å². The number of aromatic nitrogens is 2. The summed E-state index contributed by atoms with van der Waals surface area (Å²) in [6.45, 7) is 0. The molecule has 8 aromatic rings. The number of anilines is 2. The van der Waals surface area contributed by atoms with E-state index in [0.29, 0.717) is 0 Å². The number of hydrogen-bond donors (Lipinski definition) is 0. The molecule has 6 aromatic carbocycles. The van der Waals surface area contributed by atoms with E-state index in [9.17, 15) is 0 Å². The van der Waals surface area contributed by atoms with Crippen LogP contribution in [-0.2, 0) is 0 Å². The van der Waals surface area contributed by atoms with Gasteiger partial charge >= 0.3 is 0 Å². The van der Waals surface area contributed by atoms with Crippen molar-refractivity contribution >= 4 is 68.9 Å². The summed E-state index contributed by atoms with van der Waals surface area (Å²) in [4.78, 5) is 4.28. The lowest BCUT2D eigenvalue weighted by molar-refractivity contribution is -0.608. The third-order valence-electron chi connectivity index (χ3n) is 12.3. The molecule has 67 heavy (non-hydrogen) atoms. The van der Waals surface area contributed by atoms with E-state index in [4.69, 9.17) is 9.47 Å². The fraction of sp³-hybridized carbons (Fsp3) is 0.193. The van der Waals surface area contributed by atoms with Crippen LogP contribution in [0.3, 0.4) is 0 Å². The number of ether oxygens (including phenoxy) is 2. The lowest BCUT2D eigenvalue weighted by Crippen LogP contribution is -3.00. The molecule has 0 saturated carbocycles. The van der Waals surface area contributed by atoms with Crippen molar-refractivity contribution in [2.75, 3.05) is 35.4 Å². The highest BCUT2D eigenvalue weighted by Crippen LogP contribution is 2.40. The Hall–Kier alpha value is -5.90. The van der Waals surface area contributed by atoms with Gasteiger partial charge in [-0.05, 0) is 49.2 Å². The van der Waals surface area contributed by atoms with Gasteiger partial charge < -0.3 is 44.1 Å². The molecule has 0 fully saturated rings. The normalized spacial score (nSPS) is 13.9. The number of hydrogen-bond acceptors (Lipinski definition) is 6. The lowest BCUT2D eigenvalue weighted by Gasteiger charge is -2.13. The number of fused-ring (bicyclic) bond motifs is 4. The van der Waals surface area contributed by atoms with Crippen molar-refractivity contribution in [2.45, 2.75) is 55.0 Å². The van der Waals surface area contributed by atoms with Gasteiger partial charge in [-0.2, -0.15) is 0 Å². The molecule has 0 saturated heterocycles. The van der Waals surface area contributed by atoms with Crippen molar-refractivity contribution in [2.24, 2.45) is 0 Å². The molecule has 2 aliphatic rings. The Kier molecular flexibility index (Phi) is 15.8. The van der Waals surface area contributed by atoms with Gasteiger partial charge in [0.1, 0.15) is 0 Å². The highest BCUT2D eigenvalue weighted by atomic mass is 35.5. The first kappa shape index (κ1) is 47.6. The summed E-state index contributed by atoms with van der Waals surface area (Å²) in [6.07, 6.45) is 13.1. The van der Waals surface area contributed by atoms with Gasteiger partial charge in [0.2, 0.25) is 44.2 Å². The minimum atomic E-state index is 0. The summed E-state index contributed by atoms with van der Waals surface area (Å²) in [7, 11) is 4.16. The van der Waals surface area contributed by atoms with Crippen LogP contribution in [0.25, 0.3) is 45.3 Å². The number of rotatable bonds is 16. The summed E-state index contributed by atoms with van der Waals surface area (Å²) >= 11 is 3.92. The molecule has 10 heteroatoms. The van der Waals surface area contributed by atoms with Crippen LogP contribution in [0.5, 0.6) is 11.5 Å². The molecule has 340 valence electrons. The highest BCUT2D eigenvalue weighted by Gasteiger charge is 2.28. The van der Waals surface area contributed by atoms with E-state index in [1.54, 1.807) is 0 Å². The predicted octanol–water partition coefficient (Wildman–Crippen LogP) is 7.82. The van der Waals surface area contributed by atoms with Gasteiger partial charge in [0.25, 0.3) is 0 Å². The minimum absolute atomic E-state index is 0. The molecule has 0 unspecified atom stereocenters.